The Balaban J connectivity index is 1.37. The fraction of sp³-hybridized carbons (Fsp3) is 0.316. The van der Waals surface area contributed by atoms with Crippen LogP contribution in [-0.4, -0.2) is 30.8 Å². The lowest BCUT2D eigenvalue weighted by Gasteiger charge is -2.32. The van der Waals surface area contributed by atoms with Crippen LogP contribution in [0, 0.1) is 17.2 Å². The molecular weight excluding hydrogens is 332 g/mol. The van der Waals surface area contributed by atoms with Gasteiger partial charge in [0.1, 0.15) is 11.9 Å². The molecule has 7 heteroatoms. The van der Waals surface area contributed by atoms with Crippen LogP contribution in [0.2, 0.25) is 0 Å². The van der Waals surface area contributed by atoms with E-state index in [1.54, 1.807) is 30.5 Å². The average molecular weight is 350 g/mol. The zero-order valence-electron chi connectivity index (χ0n) is 14.1. The highest BCUT2D eigenvalue weighted by Crippen LogP contribution is 2.34. The third-order valence-electron chi connectivity index (χ3n) is 4.71. The molecule has 1 saturated heterocycles. The Morgan fingerprint density at radius 3 is 2.85 bits per heavy atom. The molecule has 0 spiro atoms. The van der Waals surface area contributed by atoms with Crippen molar-refractivity contribution in [3.63, 3.8) is 0 Å². The summed E-state index contributed by atoms with van der Waals surface area (Å²) in [7, 11) is 0. The molecule has 0 aliphatic carbocycles. The zero-order valence-corrected chi connectivity index (χ0v) is 14.1. The lowest BCUT2D eigenvalue weighted by atomic mass is 9.95. The van der Waals surface area contributed by atoms with E-state index in [9.17, 15) is 10.1 Å². The molecule has 1 aromatic heterocycles. The maximum Gasteiger partial charge on any atom is 0.231 e. The highest BCUT2D eigenvalue weighted by atomic mass is 16.7. The third kappa shape index (κ3) is 3.14. The summed E-state index contributed by atoms with van der Waals surface area (Å²) in [6, 6.07) is 11.1. The second-order valence-electron chi connectivity index (χ2n) is 6.30. The summed E-state index contributed by atoms with van der Waals surface area (Å²) in [5.41, 5.74) is 1.27. The van der Waals surface area contributed by atoms with E-state index in [2.05, 4.69) is 21.3 Å². The fourth-order valence-electron chi connectivity index (χ4n) is 3.31. The standard InChI is InChI=1S/C19H18N4O3/c20-11-14-2-1-7-21-18(14)23-8-5-13(6-9-23)19(24)22-15-3-4-16-17(10-15)26-12-25-16/h1-4,7,10,13H,5-6,8-9,12H2,(H,22,24). The Kier molecular flexibility index (Phi) is 4.32. The van der Waals surface area contributed by atoms with Crippen LogP contribution in [0.15, 0.2) is 36.5 Å². The molecule has 1 aromatic carbocycles. The van der Waals surface area contributed by atoms with Crippen LogP contribution in [0.1, 0.15) is 18.4 Å². The second-order valence-corrected chi connectivity index (χ2v) is 6.30. The van der Waals surface area contributed by atoms with Gasteiger partial charge in [-0.1, -0.05) is 0 Å². The molecule has 2 aromatic rings. The number of nitrogens with zero attached hydrogens (tertiary/aromatic N) is 3. The summed E-state index contributed by atoms with van der Waals surface area (Å²) in [6.45, 7) is 1.61. The zero-order chi connectivity index (χ0) is 17.9. The molecule has 0 atom stereocenters. The molecule has 2 aliphatic rings. The van der Waals surface area contributed by atoms with Crippen LogP contribution in [0.3, 0.4) is 0 Å². The number of amides is 1. The number of carbonyl (C=O) groups excluding carboxylic acids is 1. The SMILES string of the molecule is N#Cc1cccnc1N1CCC(C(=O)Nc2ccc3c(c2)OCO3)CC1. The van der Waals surface area contributed by atoms with Crippen LogP contribution in [-0.2, 0) is 4.79 Å². The van der Waals surface area contributed by atoms with E-state index in [1.807, 2.05) is 6.07 Å². The van der Waals surface area contributed by atoms with Gasteiger partial charge in [0, 0.05) is 37.0 Å². The smallest absolute Gasteiger partial charge is 0.231 e. The molecule has 7 nitrogen and oxygen atoms in total. The van der Waals surface area contributed by atoms with Crippen LogP contribution in [0.4, 0.5) is 11.5 Å². The first-order chi connectivity index (χ1) is 12.7. The van der Waals surface area contributed by atoms with Crippen molar-refractivity contribution in [3.8, 4) is 17.6 Å². The number of fused-ring (bicyclic) bond motifs is 1. The van der Waals surface area contributed by atoms with Gasteiger partial charge in [0.15, 0.2) is 11.5 Å². The molecular formula is C19H18N4O3. The first-order valence-corrected chi connectivity index (χ1v) is 8.55. The van der Waals surface area contributed by atoms with E-state index < -0.39 is 0 Å². The van der Waals surface area contributed by atoms with E-state index >= 15 is 0 Å². The van der Waals surface area contributed by atoms with Gasteiger partial charge in [0.05, 0.1) is 5.56 Å². The number of anilines is 2. The van der Waals surface area contributed by atoms with Gasteiger partial charge in [-0.3, -0.25) is 4.79 Å². The second kappa shape index (κ2) is 6.92. The molecule has 1 N–H and O–H groups in total. The van der Waals surface area contributed by atoms with Crippen molar-refractivity contribution in [2.24, 2.45) is 5.92 Å². The van der Waals surface area contributed by atoms with Crippen LogP contribution < -0.4 is 19.7 Å². The lowest BCUT2D eigenvalue weighted by Crippen LogP contribution is -2.38. The minimum Gasteiger partial charge on any atom is -0.454 e. The number of ether oxygens (including phenoxy) is 2. The average Bonchev–Trinajstić information content (AvgIpc) is 3.16. The highest BCUT2D eigenvalue weighted by molar-refractivity contribution is 5.93. The number of benzene rings is 1. The predicted octanol–water partition coefficient (Wildman–Crippen LogP) is 2.54. The maximum atomic E-state index is 12.6. The van der Waals surface area contributed by atoms with Gasteiger partial charge in [-0.25, -0.2) is 4.98 Å². The Bertz CT molecular complexity index is 869. The fourth-order valence-corrected chi connectivity index (χ4v) is 3.31. The number of aromatic nitrogens is 1. The van der Waals surface area contributed by atoms with Crippen molar-refractivity contribution in [1.82, 2.24) is 4.98 Å². The number of pyridine rings is 1. The van der Waals surface area contributed by atoms with Gasteiger partial charge >= 0.3 is 0 Å². The van der Waals surface area contributed by atoms with Crippen molar-refractivity contribution in [2.75, 3.05) is 30.1 Å². The highest BCUT2D eigenvalue weighted by Gasteiger charge is 2.27. The molecule has 2 aliphatic heterocycles. The molecule has 0 bridgehead atoms. The normalized spacial score (nSPS) is 16.2. The van der Waals surface area contributed by atoms with Crippen LogP contribution >= 0.6 is 0 Å². The Morgan fingerprint density at radius 2 is 2.04 bits per heavy atom. The summed E-state index contributed by atoms with van der Waals surface area (Å²) in [5, 5.41) is 12.2. The van der Waals surface area contributed by atoms with Gasteiger partial charge in [-0.2, -0.15) is 5.26 Å². The Labute approximate surface area is 151 Å². The number of nitriles is 1. The number of hydrogen-bond donors (Lipinski definition) is 1. The number of rotatable bonds is 3. The molecule has 0 saturated carbocycles. The summed E-state index contributed by atoms with van der Waals surface area (Å²) >= 11 is 0. The predicted molar refractivity (Wildman–Crippen MR) is 95.1 cm³/mol. The Hall–Kier alpha value is -3.27. The molecule has 132 valence electrons. The monoisotopic (exact) mass is 350 g/mol. The molecule has 1 amide bonds. The van der Waals surface area contributed by atoms with Crippen molar-refractivity contribution in [3.05, 3.63) is 42.1 Å². The van der Waals surface area contributed by atoms with E-state index in [4.69, 9.17) is 9.47 Å². The third-order valence-corrected chi connectivity index (χ3v) is 4.71. The Morgan fingerprint density at radius 1 is 1.23 bits per heavy atom. The number of piperidine rings is 1. The minimum atomic E-state index is -0.0640. The van der Waals surface area contributed by atoms with Crippen LogP contribution in [0.25, 0.3) is 0 Å². The molecule has 1 fully saturated rings. The molecule has 0 radical (unpaired) electrons. The van der Waals surface area contributed by atoms with Crippen LogP contribution in [0.5, 0.6) is 11.5 Å². The van der Waals surface area contributed by atoms with Crippen molar-refractivity contribution >= 4 is 17.4 Å². The first-order valence-electron chi connectivity index (χ1n) is 8.55. The van der Waals surface area contributed by atoms with E-state index in [0.29, 0.717) is 41.7 Å². The topological polar surface area (TPSA) is 87.5 Å². The number of carbonyl (C=O) groups is 1. The van der Waals surface area contributed by atoms with Gasteiger partial charge in [-0.15, -0.1) is 0 Å². The quantitative estimate of drug-likeness (QED) is 0.915. The molecule has 3 heterocycles. The van der Waals surface area contributed by atoms with E-state index in [-0.39, 0.29) is 18.6 Å². The van der Waals surface area contributed by atoms with Gasteiger partial charge < -0.3 is 19.7 Å². The lowest BCUT2D eigenvalue weighted by molar-refractivity contribution is -0.120. The van der Waals surface area contributed by atoms with Gasteiger partial charge in [0.25, 0.3) is 0 Å². The van der Waals surface area contributed by atoms with Gasteiger partial charge in [0.2, 0.25) is 12.7 Å². The molecule has 4 rings (SSSR count). The molecule has 0 unspecified atom stereocenters. The largest absolute Gasteiger partial charge is 0.454 e. The van der Waals surface area contributed by atoms with Crippen molar-refractivity contribution in [2.45, 2.75) is 12.8 Å². The van der Waals surface area contributed by atoms with Crippen molar-refractivity contribution in [1.29, 1.82) is 5.26 Å². The summed E-state index contributed by atoms with van der Waals surface area (Å²) in [6.07, 6.45) is 3.13. The van der Waals surface area contributed by atoms with E-state index in [0.717, 1.165) is 12.8 Å². The molecule has 26 heavy (non-hydrogen) atoms. The van der Waals surface area contributed by atoms with Gasteiger partial charge in [-0.05, 0) is 37.1 Å². The maximum absolute atomic E-state index is 12.6. The summed E-state index contributed by atoms with van der Waals surface area (Å²) in [4.78, 5) is 19.0. The van der Waals surface area contributed by atoms with Crippen molar-refractivity contribution < 1.29 is 14.3 Å². The van der Waals surface area contributed by atoms with E-state index in [1.165, 1.54) is 0 Å². The minimum absolute atomic E-state index is 0.00467. The first kappa shape index (κ1) is 16.2. The number of nitrogens with one attached hydrogen (secondary N) is 1. The summed E-state index contributed by atoms with van der Waals surface area (Å²) < 4.78 is 10.6. The number of hydrogen-bond acceptors (Lipinski definition) is 6. The summed E-state index contributed by atoms with van der Waals surface area (Å²) in [5.74, 6) is 1.98.